The summed E-state index contributed by atoms with van der Waals surface area (Å²) in [6.45, 7) is 4.94. The fourth-order valence-corrected chi connectivity index (χ4v) is 4.81. The highest BCUT2D eigenvalue weighted by Crippen LogP contribution is 2.33. The molecule has 4 N–H and O–H groups in total. The number of hydrogen-bond acceptors (Lipinski definition) is 7. The Hall–Kier alpha value is -4.15. The Kier molecular flexibility index (Phi) is 7.71. The van der Waals surface area contributed by atoms with Crippen LogP contribution in [0.5, 0.6) is 11.5 Å². The summed E-state index contributed by atoms with van der Waals surface area (Å²) in [7, 11) is 0. The lowest BCUT2D eigenvalue weighted by Gasteiger charge is -2.25. The number of carbonyl (C=O) groups excluding carboxylic acids is 2. The quantitative estimate of drug-likeness (QED) is 0.441. The van der Waals surface area contributed by atoms with E-state index in [4.69, 9.17) is 20.9 Å². The highest BCUT2D eigenvalue weighted by molar-refractivity contribution is 6.03. The number of nitrogens with zero attached hydrogens (tertiary/aromatic N) is 4. The number of amides is 2. The number of carbonyl (C=O) groups is 2. The molecule has 3 heterocycles. The molecular formula is C28H32N6O4. The van der Waals surface area contributed by atoms with Crippen molar-refractivity contribution >= 4 is 17.6 Å². The van der Waals surface area contributed by atoms with Gasteiger partial charge < -0.3 is 25.8 Å². The van der Waals surface area contributed by atoms with Crippen LogP contribution in [0.3, 0.4) is 0 Å². The number of benzene rings is 2. The van der Waals surface area contributed by atoms with Crippen LogP contribution in [0.2, 0.25) is 0 Å². The van der Waals surface area contributed by atoms with Crippen molar-refractivity contribution in [1.82, 2.24) is 19.6 Å². The molecule has 2 saturated heterocycles. The Morgan fingerprint density at radius 1 is 1.03 bits per heavy atom. The zero-order valence-electron chi connectivity index (χ0n) is 21.2. The number of hydrogen-bond donors (Lipinski definition) is 2. The maximum Gasteiger partial charge on any atom is 0.254 e. The second-order valence-electron chi connectivity index (χ2n) is 9.40. The minimum absolute atomic E-state index is 0.0455. The van der Waals surface area contributed by atoms with Crippen LogP contribution in [-0.4, -0.2) is 77.3 Å². The fourth-order valence-electron chi connectivity index (χ4n) is 4.81. The minimum Gasteiger partial charge on any atom is -0.457 e. The molecule has 2 aliphatic rings. The molecule has 2 amide bonds. The molecule has 10 heteroatoms. The summed E-state index contributed by atoms with van der Waals surface area (Å²) < 4.78 is 12.9. The number of nitrogen functional groups attached to an aromatic ring is 1. The van der Waals surface area contributed by atoms with Gasteiger partial charge in [-0.1, -0.05) is 24.3 Å². The van der Waals surface area contributed by atoms with Crippen LogP contribution < -0.4 is 16.2 Å². The summed E-state index contributed by atoms with van der Waals surface area (Å²) >= 11 is 0. The van der Waals surface area contributed by atoms with Crippen LogP contribution in [0.25, 0.3) is 11.3 Å². The second-order valence-corrected chi connectivity index (χ2v) is 9.40. The normalized spacial score (nSPS) is 18.2. The average molecular weight is 517 g/mol. The molecule has 2 aromatic carbocycles. The number of morpholine rings is 1. The van der Waals surface area contributed by atoms with Crippen molar-refractivity contribution in [3.05, 3.63) is 72.3 Å². The van der Waals surface area contributed by atoms with E-state index in [1.165, 1.54) is 0 Å². The predicted octanol–water partition coefficient (Wildman–Crippen LogP) is 2.69. The summed E-state index contributed by atoms with van der Waals surface area (Å²) in [6.07, 6.45) is 4.21. The molecule has 0 aliphatic carbocycles. The number of rotatable bonds is 8. The van der Waals surface area contributed by atoms with Crippen molar-refractivity contribution in [2.45, 2.75) is 12.5 Å². The number of likely N-dealkylation sites (tertiary alicyclic amines) is 1. The van der Waals surface area contributed by atoms with E-state index in [0.29, 0.717) is 36.5 Å². The summed E-state index contributed by atoms with van der Waals surface area (Å²) in [6, 6.07) is 16.6. The standard InChI is InChI=1S/C28H32N6O4/c29-27-25(28(30)36)26(20-8-10-23(11-9-20)38-22-5-2-1-3-6-22)31-34(27)21-12-14-33(19-21)24(35)7-4-13-32-15-17-37-18-16-32/h1-11,21H,12-19,29H2,(H2,30,36)/b7-4+. The van der Waals surface area contributed by atoms with Crippen molar-refractivity contribution < 1.29 is 19.1 Å². The molecule has 1 aromatic heterocycles. The van der Waals surface area contributed by atoms with Crippen LogP contribution in [0.1, 0.15) is 22.8 Å². The van der Waals surface area contributed by atoms with Crippen LogP contribution >= 0.6 is 0 Å². The van der Waals surface area contributed by atoms with Gasteiger partial charge in [0.1, 0.15) is 28.6 Å². The highest BCUT2D eigenvalue weighted by atomic mass is 16.5. The first-order chi connectivity index (χ1) is 18.5. The monoisotopic (exact) mass is 516 g/mol. The molecule has 10 nitrogen and oxygen atoms in total. The predicted molar refractivity (Wildman–Crippen MR) is 144 cm³/mol. The van der Waals surface area contributed by atoms with Gasteiger partial charge in [0, 0.05) is 44.4 Å². The lowest BCUT2D eigenvalue weighted by atomic mass is 10.1. The van der Waals surface area contributed by atoms with Crippen LogP contribution in [-0.2, 0) is 9.53 Å². The van der Waals surface area contributed by atoms with Gasteiger partial charge in [0.05, 0.1) is 19.3 Å². The zero-order chi connectivity index (χ0) is 26.5. The summed E-state index contributed by atoms with van der Waals surface area (Å²) in [5, 5.41) is 4.69. The topological polar surface area (TPSA) is 129 Å². The largest absolute Gasteiger partial charge is 0.457 e. The van der Waals surface area contributed by atoms with E-state index >= 15 is 0 Å². The average Bonchev–Trinajstić information content (AvgIpc) is 3.55. The summed E-state index contributed by atoms with van der Waals surface area (Å²) in [5.41, 5.74) is 13.4. The second kappa shape index (κ2) is 11.5. The van der Waals surface area contributed by atoms with Crippen molar-refractivity contribution in [3.8, 4) is 22.8 Å². The molecule has 1 atom stereocenters. The van der Waals surface area contributed by atoms with Gasteiger partial charge in [0.25, 0.3) is 5.91 Å². The van der Waals surface area contributed by atoms with Crippen LogP contribution in [0.4, 0.5) is 5.82 Å². The number of aromatic nitrogens is 2. The molecule has 1 unspecified atom stereocenters. The van der Waals surface area contributed by atoms with Gasteiger partial charge in [-0.2, -0.15) is 5.10 Å². The SMILES string of the molecule is NC(=O)c1c(-c2ccc(Oc3ccccc3)cc2)nn(C2CCN(C(=O)/C=C/CN3CCOCC3)C2)c1N. The molecular weight excluding hydrogens is 484 g/mol. The van der Waals surface area contributed by atoms with Crippen molar-refractivity contribution in [3.63, 3.8) is 0 Å². The van der Waals surface area contributed by atoms with Gasteiger partial charge in [-0.15, -0.1) is 0 Å². The maximum absolute atomic E-state index is 12.8. The summed E-state index contributed by atoms with van der Waals surface area (Å²) in [5.74, 6) is 0.892. The molecule has 198 valence electrons. The van der Waals surface area contributed by atoms with Crippen LogP contribution in [0, 0.1) is 0 Å². The van der Waals surface area contributed by atoms with Crippen molar-refractivity contribution in [2.24, 2.45) is 5.73 Å². The third-order valence-corrected chi connectivity index (χ3v) is 6.85. The third kappa shape index (κ3) is 5.71. The summed E-state index contributed by atoms with van der Waals surface area (Å²) in [4.78, 5) is 29.1. The van der Waals surface area contributed by atoms with Crippen molar-refractivity contribution in [2.75, 3.05) is 51.7 Å². The maximum atomic E-state index is 12.8. The smallest absolute Gasteiger partial charge is 0.254 e. The molecule has 38 heavy (non-hydrogen) atoms. The van der Waals surface area contributed by atoms with Gasteiger partial charge in [0.2, 0.25) is 5.91 Å². The van der Waals surface area contributed by atoms with E-state index in [9.17, 15) is 9.59 Å². The van der Waals surface area contributed by atoms with Crippen molar-refractivity contribution in [1.29, 1.82) is 0 Å². The Bertz CT molecular complexity index is 1300. The van der Waals surface area contributed by atoms with Gasteiger partial charge in [0.15, 0.2) is 0 Å². The zero-order valence-corrected chi connectivity index (χ0v) is 21.2. The fraction of sp³-hybridized carbons (Fsp3) is 0.321. The Morgan fingerprint density at radius 3 is 2.45 bits per heavy atom. The Morgan fingerprint density at radius 2 is 1.74 bits per heavy atom. The number of nitrogens with two attached hydrogens (primary N) is 2. The molecule has 0 spiro atoms. The number of para-hydroxylation sites is 1. The van der Waals surface area contributed by atoms with E-state index in [-0.39, 0.29) is 23.3 Å². The van der Waals surface area contributed by atoms with E-state index in [0.717, 1.165) is 38.6 Å². The van der Waals surface area contributed by atoms with Gasteiger partial charge >= 0.3 is 0 Å². The van der Waals surface area contributed by atoms with Gasteiger partial charge in [-0.05, 0) is 42.8 Å². The minimum atomic E-state index is -0.648. The molecule has 0 saturated carbocycles. The van der Waals surface area contributed by atoms with E-state index in [1.54, 1.807) is 15.7 Å². The first kappa shape index (κ1) is 25.5. The lowest BCUT2D eigenvalue weighted by molar-refractivity contribution is -0.125. The molecule has 3 aromatic rings. The lowest BCUT2D eigenvalue weighted by Crippen LogP contribution is -2.36. The molecule has 0 radical (unpaired) electrons. The third-order valence-electron chi connectivity index (χ3n) is 6.85. The van der Waals surface area contributed by atoms with Crippen LogP contribution in [0.15, 0.2) is 66.7 Å². The number of ether oxygens (including phenoxy) is 2. The first-order valence-corrected chi connectivity index (χ1v) is 12.8. The number of anilines is 1. The van der Waals surface area contributed by atoms with Gasteiger partial charge in [-0.25, -0.2) is 4.68 Å². The van der Waals surface area contributed by atoms with E-state index in [2.05, 4.69) is 10.00 Å². The molecule has 5 rings (SSSR count). The molecule has 2 fully saturated rings. The highest BCUT2D eigenvalue weighted by Gasteiger charge is 2.31. The Labute approximate surface area is 221 Å². The van der Waals surface area contributed by atoms with E-state index < -0.39 is 5.91 Å². The molecule has 0 bridgehead atoms. The first-order valence-electron chi connectivity index (χ1n) is 12.8. The van der Waals surface area contributed by atoms with Gasteiger partial charge in [-0.3, -0.25) is 14.5 Å². The Balaban J connectivity index is 1.28. The van der Waals surface area contributed by atoms with E-state index in [1.807, 2.05) is 60.7 Å². The number of primary amides is 1. The molecule has 2 aliphatic heterocycles.